The second-order valence-electron chi connectivity index (χ2n) is 5.24. The van der Waals surface area contributed by atoms with Gasteiger partial charge in [-0.25, -0.2) is 8.42 Å². The van der Waals surface area contributed by atoms with E-state index in [4.69, 9.17) is 9.47 Å². The number of piperazine rings is 1. The summed E-state index contributed by atoms with van der Waals surface area (Å²) in [4.78, 5) is 0.142. The zero-order valence-electron chi connectivity index (χ0n) is 13.1. The standard InChI is InChI=1S/C14H21BrN2O4S/c1-9-10(2)17(6-5-16-9)22(18,19)14-7-11(15)12(20-3)8-13(14)21-4/h7-10,16H,5-6H2,1-4H3. The van der Waals surface area contributed by atoms with Crippen molar-refractivity contribution in [2.45, 2.75) is 30.8 Å². The number of nitrogens with zero attached hydrogens (tertiary/aromatic N) is 1. The average Bonchev–Trinajstić information content (AvgIpc) is 2.49. The zero-order chi connectivity index (χ0) is 16.5. The second-order valence-corrected chi connectivity index (χ2v) is 7.95. The van der Waals surface area contributed by atoms with E-state index in [1.54, 1.807) is 6.07 Å². The van der Waals surface area contributed by atoms with E-state index in [2.05, 4.69) is 21.2 Å². The Bertz CT molecular complexity index is 650. The third-order valence-corrected chi connectivity index (χ3v) is 6.63. The molecule has 1 aliphatic rings. The van der Waals surface area contributed by atoms with E-state index >= 15 is 0 Å². The molecule has 1 fully saturated rings. The van der Waals surface area contributed by atoms with Gasteiger partial charge in [0.25, 0.3) is 0 Å². The number of hydrogen-bond donors (Lipinski definition) is 1. The van der Waals surface area contributed by atoms with Crippen LogP contribution in [0.1, 0.15) is 13.8 Å². The molecule has 1 heterocycles. The zero-order valence-corrected chi connectivity index (χ0v) is 15.5. The van der Waals surface area contributed by atoms with E-state index in [1.807, 2.05) is 13.8 Å². The first kappa shape index (κ1) is 17.5. The Kier molecular flexibility index (Phi) is 5.37. The molecule has 0 spiro atoms. The van der Waals surface area contributed by atoms with Gasteiger partial charge in [-0.05, 0) is 35.8 Å². The predicted octanol–water partition coefficient (Wildman–Crippen LogP) is 1.84. The van der Waals surface area contributed by atoms with Gasteiger partial charge in [0.15, 0.2) is 0 Å². The maximum absolute atomic E-state index is 13.0. The third kappa shape index (κ3) is 3.10. The lowest BCUT2D eigenvalue weighted by Gasteiger charge is -2.37. The molecule has 1 aliphatic heterocycles. The van der Waals surface area contributed by atoms with Crippen molar-refractivity contribution < 1.29 is 17.9 Å². The van der Waals surface area contributed by atoms with Crippen LogP contribution in [-0.4, -0.2) is 52.1 Å². The fourth-order valence-corrected chi connectivity index (χ4v) is 5.05. The molecule has 22 heavy (non-hydrogen) atoms. The van der Waals surface area contributed by atoms with Crippen LogP contribution in [-0.2, 0) is 10.0 Å². The number of sulfonamides is 1. The lowest BCUT2D eigenvalue weighted by atomic mass is 10.1. The highest BCUT2D eigenvalue weighted by atomic mass is 79.9. The van der Waals surface area contributed by atoms with Crippen LogP contribution in [0.2, 0.25) is 0 Å². The molecule has 0 bridgehead atoms. The van der Waals surface area contributed by atoms with E-state index in [0.717, 1.165) is 0 Å². The minimum absolute atomic E-state index is 0.0937. The maximum Gasteiger partial charge on any atom is 0.247 e. The molecule has 8 heteroatoms. The number of ether oxygens (including phenoxy) is 2. The summed E-state index contributed by atoms with van der Waals surface area (Å²) in [6, 6.07) is 3.07. The molecule has 0 amide bonds. The van der Waals surface area contributed by atoms with E-state index < -0.39 is 10.0 Å². The highest BCUT2D eigenvalue weighted by Crippen LogP contribution is 2.37. The number of hydrogen-bond acceptors (Lipinski definition) is 5. The number of nitrogens with one attached hydrogen (secondary N) is 1. The largest absolute Gasteiger partial charge is 0.495 e. The maximum atomic E-state index is 13.0. The normalized spacial score (nSPS) is 23.3. The van der Waals surface area contributed by atoms with Crippen molar-refractivity contribution in [3.8, 4) is 11.5 Å². The molecule has 0 radical (unpaired) electrons. The summed E-state index contributed by atoms with van der Waals surface area (Å²) in [5.74, 6) is 0.802. The Balaban J connectivity index is 2.51. The van der Waals surface area contributed by atoms with Gasteiger partial charge in [0, 0.05) is 31.2 Å². The molecule has 2 atom stereocenters. The van der Waals surface area contributed by atoms with Gasteiger partial charge in [0.05, 0.1) is 18.7 Å². The topological polar surface area (TPSA) is 67.9 Å². The van der Waals surface area contributed by atoms with Gasteiger partial charge >= 0.3 is 0 Å². The summed E-state index contributed by atoms with van der Waals surface area (Å²) < 4.78 is 38.6. The van der Waals surface area contributed by atoms with E-state index in [1.165, 1.54) is 24.6 Å². The van der Waals surface area contributed by atoms with Gasteiger partial charge in [0.1, 0.15) is 16.4 Å². The van der Waals surface area contributed by atoms with Gasteiger partial charge < -0.3 is 14.8 Å². The first-order valence-electron chi connectivity index (χ1n) is 6.99. The van der Waals surface area contributed by atoms with Crippen LogP contribution in [0.15, 0.2) is 21.5 Å². The van der Waals surface area contributed by atoms with Crippen LogP contribution in [0.25, 0.3) is 0 Å². The molecule has 1 aromatic rings. The van der Waals surface area contributed by atoms with Crippen LogP contribution in [0.4, 0.5) is 0 Å². The first-order chi connectivity index (χ1) is 10.3. The van der Waals surface area contributed by atoms with Gasteiger partial charge in [-0.2, -0.15) is 4.31 Å². The van der Waals surface area contributed by atoms with Crippen molar-refractivity contribution in [3.05, 3.63) is 16.6 Å². The fraction of sp³-hybridized carbons (Fsp3) is 0.571. The molecule has 2 unspecified atom stereocenters. The number of methoxy groups -OCH3 is 2. The van der Waals surface area contributed by atoms with Gasteiger partial charge in [-0.1, -0.05) is 0 Å². The summed E-state index contributed by atoms with van der Waals surface area (Å²) >= 11 is 3.34. The highest BCUT2D eigenvalue weighted by Gasteiger charge is 2.36. The molecule has 6 nitrogen and oxygen atoms in total. The molecule has 2 rings (SSSR count). The van der Waals surface area contributed by atoms with Crippen molar-refractivity contribution in [1.29, 1.82) is 0 Å². The Hall–Kier alpha value is -0.830. The number of rotatable bonds is 4. The average molecular weight is 393 g/mol. The SMILES string of the molecule is COc1cc(OC)c(S(=O)(=O)N2CCNC(C)C2C)cc1Br. The monoisotopic (exact) mass is 392 g/mol. The van der Waals surface area contributed by atoms with E-state index in [9.17, 15) is 8.42 Å². The highest BCUT2D eigenvalue weighted by molar-refractivity contribution is 9.10. The molecule has 124 valence electrons. The van der Waals surface area contributed by atoms with Crippen LogP contribution in [0.3, 0.4) is 0 Å². The van der Waals surface area contributed by atoms with Crippen LogP contribution in [0, 0.1) is 0 Å². The number of halogens is 1. The van der Waals surface area contributed by atoms with Crippen molar-refractivity contribution in [1.82, 2.24) is 9.62 Å². The molecule has 1 saturated heterocycles. The van der Waals surface area contributed by atoms with Crippen molar-refractivity contribution in [2.75, 3.05) is 27.3 Å². The Morgan fingerprint density at radius 1 is 1.23 bits per heavy atom. The summed E-state index contributed by atoms with van der Waals surface area (Å²) in [6.07, 6.45) is 0. The van der Waals surface area contributed by atoms with Crippen LogP contribution in [0.5, 0.6) is 11.5 Å². The Morgan fingerprint density at radius 3 is 2.45 bits per heavy atom. The van der Waals surface area contributed by atoms with Crippen LogP contribution >= 0.6 is 15.9 Å². The van der Waals surface area contributed by atoms with Crippen LogP contribution < -0.4 is 14.8 Å². The molecule has 0 aromatic heterocycles. The summed E-state index contributed by atoms with van der Waals surface area (Å²) in [7, 11) is -0.680. The molecule has 0 saturated carbocycles. The summed E-state index contributed by atoms with van der Waals surface area (Å²) in [6.45, 7) is 4.94. The van der Waals surface area contributed by atoms with Crippen molar-refractivity contribution >= 4 is 26.0 Å². The first-order valence-corrected chi connectivity index (χ1v) is 9.23. The second kappa shape index (κ2) is 6.74. The Labute approximate surface area is 140 Å². The minimum atomic E-state index is -3.65. The fourth-order valence-electron chi connectivity index (χ4n) is 2.53. The van der Waals surface area contributed by atoms with Crippen molar-refractivity contribution in [2.24, 2.45) is 0 Å². The van der Waals surface area contributed by atoms with Gasteiger partial charge in [-0.3, -0.25) is 0 Å². The lowest BCUT2D eigenvalue weighted by Crippen LogP contribution is -2.57. The lowest BCUT2D eigenvalue weighted by molar-refractivity contribution is 0.232. The summed E-state index contributed by atoms with van der Waals surface area (Å²) in [5, 5.41) is 3.28. The summed E-state index contributed by atoms with van der Waals surface area (Å²) in [5.41, 5.74) is 0. The molecule has 1 aromatic carbocycles. The van der Waals surface area contributed by atoms with Gasteiger partial charge in [-0.15, -0.1) is 0 Å². The smallest absolute Gasteiger partial charge is 0.247 e. The number of benzene rings is 1. The molecule has 0 aliphatic carbocycles. The van der Waals surface area contributed by atoms with Crippen molar-refractivity contribution in [3.63, 3.8) is 0 Å². The molecular weight excluding hydrogens is 372 g/mol. The predicted molar refractivity (Wildman–Crippen MR) is 88.1 cm³/mol. The van der Waals surface area contributed by atoms with Gasteiger partial charge in [0.2, 0.25) is 10.0 Å². The third-order valence-electron chi connectivity index (χ3n) is 4.00. The van der Waals surface area contributed by atoms with E-state index in [0.29, 0.717) is 23.3 Å². The molecular formula is C14H21BrN2O4S. The minimum Gasteiger partial charge on any atom is -0.495 e. The molecule has 1 N–H and O–H groups in total. The quantitative estimate of drug-likeness (QED) is 0.846. The Morgan fingerprint density at radius 2 is 1.86 bits per heavy atom. The van der Waals surface area contributed by atoms with E-state index in [-0.39, 0.29) is 22.7 Å².